The smallest absolute Gasteiger partial charge is 0.345 e. The molecule has 9 nitrogen and oxygen atoms in total. The molecule has 0 radical (unpaired) electrons. The summed E-state index contributed by atoms with van der Waals surface area (Å²) in [5, 5.41) is 15.9. The number of nitrogens with one attached hydrogen (secondary N) is 1. The van der Waals surface area contributed by atoms with E-state index in [1.165, 1.54) is 12.3 Å². The number of anilines is 3. The number of nitrogens with zero attached hydrogens (tertiary/aromatic N) is 3. The van der Waals surface area contributed by atoms with Crippen molar-refractivity contribution in [2.45, 2.75) is 26.4 Å². The minimum absolute atomic E-state index is 0.0404. The predicted octanol–water partition coefficient (Wildman–Crippen LogP) is 5.47. The summed E-state index contributed by atoms with van der Waals surface area (Å²) in [4.78, 5) is 30.4. The van der Waals surface area contributed by atoms with Crippen molar-refractivity contribution in [1.82, 2.24) is 4.98 Å². The lowest BCUT2D eigenvalue weighted by Crippen LogP contribution is -2.37. The summed E-state index contributed by atoms with van der Waals surface area (Å²) in [7, 11) is 0. The number of hydrogen-bond acceptors (Lipinski definition) is 8. The molecule has 4 rings (SSSR count). The molecule has 2 heterocycles. The van der Waals surface area contributed by atoms with Crippen molar-refractivity contribution >= 4 is 51.2 Å². The predicted molar refractivity (Wildman–Crippen MR) is 131 cm³/mol. The van der Waals surface area contributed by atoms with Gasteiger partial charge < -0.3 is 19.7 Å². The van der Waals surface area contributed by atoms with Gasteiger partial charge >= 0.3 is 11.7 Å². The molecule has 1 N–H and O–H groups in total. The third-order valence-electron chi connectivity index (χ3n) is 5.35. The number of para-hydroxylation sites is 1. The Balaban J connectivity index is 1.94. The SMILES string of the molecule is CC(C)(C)OC(=O)c1cc(N2CCOCC2)c(F)c(Nc2ccnc3c(Cl)cccc23)c1[N+](=O)[O-]. The number of halogens is 2. The van der Waals surface area contributed by atoms with Crippen molar-refractivity contribution < 1.29 is 23.6 Å². The van der Waals surface area contributed by atoms with Gasteiger partial charge in [0.25, 0.3) is 0 Å². The zero-order valence-electron chi connectivity index (χ0n) is 19.4. The summed E-state index contributed by atoms with van der Waals surface area (Å²) in [5.41, 5.74) is -1.62. The Morgan fingerprint density at radius 1 is 1.29 bits per heavy atom. The summed E-state index contributed by atoms with van der Waals surface area (Å²) in [6, 6.07) is 7.79. The van der Waals surface area contributed by atoms with Crippen molar-refractivity contribution in [3.8, 4) is 0 Å². The molecule has 1 saturated heterocycles. The standard InChI is InChI=1S/C24H24ClFN4O5/c1-24(2,3)35-23(31)15-13-18(29-9-11-34-12-10-29)19(26)21(22(15)30(32)33)28-17-7-8-27-20-14(17)5-4-6-16(20)25/h4-8,13H,9-12H2,1-3H3,(H,27,28). The molecule has 2 aromatic carbocycles. The molecule has 1 aromatic heterocycles. The monoisotopic (exact) mass is 502 g/mol. The maximum Gasteiger partial charge on any atom is 0.345 e. The second-order valence-corrected chi connectivity index (χ2v) is 9.37. The van der Waals surface area contributed by atoms with Gasteiger partial charge in [0.05, 0.1) is 34.4 Å². The zero-order valence-corrected chi connectivity index (χ0v) is 20.2. The maximum absolute atomic E-state index is 16.0. The fraction of sp³-hybridized carbons (Fsp3) is 0.333. The van der Waals surface area contributed by atoms with Gasteiger partial charge in [-0.1, -0.05) is 23.7 Å². The second kappa shape index (κ2) is 9.63. The number of aromatic nitrogens is 1. The van der Waals surface area contributed by atoms with Crippen LogP contribution in [0.1, 0.15) is 31.1 Å². The third-order valence-corrected chi connectivity index (χ3v) is 5.66. The first-order chi connectivity index (χ1) is 16.6. The first-order valence-electron chi connectivity index (χ1n) is 10.9. The number of nitro groups is 1. The molecule has 1 aliphatic heterocycles. The van der Waals surface area contributed by atoms with Crippen LogP contribution in [0.15, 0.2) is 36.5 Å². The topological polar surface area (TPSA) is 107 Å². The van der Waals surface area contributed by atoms with Crippen LogP contribution < -0.4 is 10.2 Å². The number of carbonyl (C=O) groups is 1. The van der Waals surface area contributed by atoms with E-state index in [1.807, 2.05) is 0 Å². The van der Waals surface area contributed by atoms with Gasteiger partial charge in [0.1, 0.15) is 11.2 Å². The molecular weight excluding hydrogens is 479 g/mol. The summed E-state index contributed by atoms with van der Waals surface area (Å²) < 4.78 is 26.8. The first kappa shape index (κ1) is 24.6. The summed E-state index contributed by atoms with van der Waals surface area (Å²) >= 11 is 6.25. The lowest BCUT2D eigenvalue weighted by molar-refractivity contribution is -0.384. The van der Waals surface area contributed by atoms with Crippen molar-refractivity contribution in [1.29, 1.82) is 0 Å². The van der Waals surface area contributed by atoms with Gasteiger partial charge in [-0.05, 0) is 39.0 Å². The average Bonchev–Trinajstić information content (AvgIpc) is 2.80. The molecule has 11 heteroatoms. The number of carbonyl (C=O) groups excluding carboxylic acids is 1. The maximum atomic E-state index is 16.0. The molecular formula is C24H24ClFN4O5. The van der Waals surface area contributed by atoms with E-state index >= 15 is 4.39 Å². The minimum atomic E-state index is -0.926. The highest BCUT2D eigenvalue weighted by Gasteiger charge is 2.35. The van der Waals surface area contributed by atoms with Crippen LogP contribution in [0.4, 0.5) is 27.1 Å². The van der Waals surface area contributed by atoms with Crippen LogP contribution in [0.25, 0.3) is 10.9 Å². The number of nitro benzene ring substituents is 1. The first-order valence-corrected chi connectivity index (χ1v) is 11.3. The average molecular weight is 503 g/mol. The number of morpholine rings is 1. The molecule has 0 bridgehead atoms. The van der Waals surface area contributed by atoms with E-state index in [0.717, 1.165) is 0 Å². The Labute approximate surface area is 205 Å². The van der Waals surface area contributed by atoms with Crippen LogP contribution in [0.5, 0.6) is 0 Å². The Morgan fingerprint density at radius 3 is 2.66 bits per heavy atom. The number of esters is 1. The van der Waals surface area contributed by atoms with E-state index in [4.69, 9.17) is 21.1 Å². The van der Waals surface area contributed by atoms with E-state index in [1.54, 1.807) is 49.9 Å². The highest BCUT2D eigenvalue weighted by Crippen LogP contribution is 2.41. The number of rotatable bonds is 5. The van der Waals surface area contributed by atoms with Gasteiger partial charge in [-0.2, -0.15) is 0 Å². The van der Waals surface area contributed by atoms with Crippen LogP contribution in [0.3, 0.4) is 0 Å². The zero-order chi connectivity index (χ0) is 25.3. The van der Waals surface area contributed by atoms with Crippen LogP contribution in [0, 0.1) is 15.9 Å². The van der Waals surface area contributed by atoms with Crippen molar-refractivity contribution in [2.24, 2.45) is 0 Å². The molecule has 184 valence electrons. The largest absolute Gasteiger partial charge is 0.456 e. The highest BCUT2D eigenvalue weighted by atomic mass is 35.5. The highest BCUT2D eigenvalue weighted by molar-refractivity contribution is 6.35. The number of benzene rings is 2. The van der Waals surface area contributed by atoms with Gasteiger partial charge in [-0.3, -0.25) is 15.1 Å². The molecule has 0 atom stereocenters. The third kappa shape index (κ3) is 5.13. The lowest BCUT2D eigenvalue weighted by atomic mass is 10.1. The number of hydrogen-bond donors (Lipinski definition) is 1. The Kier molecular flexibility index (Phi) is 6.77. The normalized spacial score (nSPS) is 14.1. The fourth-order valence-corrected chi connectivity index (χ4v) is 4.07. The van der Waals surface area contributed by atoms with Gasteiger partial charge in [0, 0.05) is 30.4 Å². The van der Waals surface area contributed by atoms with Crippen LogP contribution in [-0.4, -0.2) is 47.8 Å². The fourth-order valence-electron chi connectivity index (χ4n) is 3.85. The van der Waals surface area contributed by atoms with E-state index < -0.39 is 33.7 Å². The lowest BCUT2D eigenvalue weighted by Gasteiger charge is -2.30. The molecule has 3 aromatic rings. The van der Waals surface area contributed by atoms with Crippen LogP contribution >= 0.6 is 11.6 Å². The molecule has 0 saturated carbocycles. The van der Waals surface area contributed by atoms with Gasteiger partial charge in [-0.15, -0.1) is 0 Å². The minimum Gasteiger partial charge on any atom is -0.456 e. The Morgan fingerprint density at radius 2 is 2.00 bits per heavy atom. The van der Waals surface area contributed by atoms with E-state index in [2.05, 4.69) is 10.3 Å². The van der Waals surface area contributed by atoms with Gasteiger partial charge in [0.15, 0.2) is 11.5 Å². The second-order valence-electron chi connectivity index (χ2n) is 8.96. The molecule has 0 spiro atoms. The van der Waals surface area contributed by atoms with Crippen molar-refractivity contribution in [3.63, 3.8) is 0 Å². The number of ether oxygens (including phenoxy) is 2. The summed E-state index contributed by atoms with van der Waals surface area (Å²) in [5.74, 6) is -1.79. The summed E-state index contributed by atoms with van der Waals surface area (Å²) in [6.07, 6.45) is 1.46. The number of pyridine rings is 1. The Hall–Kier alpha value is -3.50. The van der Waals surface area contributed by atoms with Crippen LogP contribution in [-0.2, 0) is 9.47 Å². The molecule has 0 amide bonds. The van der Waals surface area contributed by atoms with Gasteiger partial charge in [0.2, 0.25) is 0 Å². The Bertz CT molecular complexity index is 1310. The molecule has 0 unspecified atom stereocenters. The van der Waals surface area contributed by atoms with Crippen molar-refractivity contribution in [2.75, 3.05) is 36.5 Å². The van der Waals surface area contributed by atoms with E-state index in [9.17, 15) is 14.9 Å². The number of fused-ring (bicyclic) bond motifs is 1. The molecule has 1 aliphatic rings. The van der Waals surface area contributed by atoms with Crippen molar-refractivity contribution in [3.05, 3.63) is 63.0 Å². The van der Waals surface area contributed by atoms with E-state index in [-0.39, 0.29) is 11.3 Å². The van der Waals surface area contributed by atoms with E-state index in [0.29, 0.717) is 47.9 Å². The molecule has 0 aliphatic carbocycles. The van der Waals surface area contributed by atoms with Crippen LogP contribution in [0.2, 0.25) is 5.02 Å². The molecule has 1 fully saturated rings. The quantitative estimate of drug-likeness (QED) is 0.278. The summed E-state index contributed by atoms with van der Waals surface area (Å²) in [6.45, 7) is 6.37. The van der Waals surface area contributed by atoms with Gasteiger partial charge in [-0.25, -0.2) is 9.18 Å². The molecule has 35 heavy (non-hydrogen) atoms.